The second-order valence-corrected chi connectivity index (χ2v) is 5.42. The molecule has 2 aromatic rings. The minimum atomic E-state index is 0. The average molecular weight is 498 g/mol. The Labute approximate surface area is 165 Å². The van der Waals surface area contributed by atoms with Crippen LogP contribution in [0.3, 0.4) is 0 Å². The summed E-state index contributed by atoms with van der Waals surface area (Å²) in [6.45, 7) is 0. The molecule has 22 heavy (non-hydrogen) atoms. The van der Waals surface area contributed by atoms with Crippen LogP contribution in [0, 0.1) is 12.0 Å². The van der Waals surface area contributed by atoms with Gasteiger partial charge in [-0.1, -0.05) is 49.8 Å². The van der Waals surface area contributed by atoms with Crippen LogP contribution in [0.15, 0.2) is 54.6 Å². The van der Waals surface area contributed by atoms with Crippen molar-refractivity contribution in [1.29, 1.82) is 0 Å². The zero-order chi connectivity index (χ0) is 12.9. The van der Waals surface area contributed by atoms with Gasteiger partial charge in [0.05, 0.1) is 0 Å². The van der Waals surface area contributed by atoms with E-state index in [1.54, 1.807) is 0 Å². The maximum Gasteiger partial charge on any atom is 4.00 e. The van der Waals surface area contributed by atoms with Crippen LogP contribution in [-0.2, 0) is 25.8 Å². The molecule has 1 unspecified atom stereocenters. The molecule has 3 heteroatoms. The molecule has 114 valence electrons. The third-order valence-electron chi connectivity index (χ3n) is 4.18. The second kappa shape index (κ2) is 11.3. The number of rotatable bonds is 1. The molecule has 0 radical (unpaired) electrons. The van der Waals surface area contributed by atoms with Crippen LogP contribution >= 0.6 is 0 Å². The fourth-order valence-electron chi connectivity index (χ4n) is 3.20. The Morgan fingerprint density at radius 2 is 1.55 bits per heavy atom. The molecule has 0 heterocycles. The van der Waals surface area contributed by atoms with E-state index in [9.17, 15) is 0 Å². The zero-order valence-corrected chi connectivity index (χ0v) is 17.6. The summed E-state index contributed by atoms with van der Waals surface area (Å²) in [5, 5.41) is 0. The van der Waals surface area contributed by atoms with Crippen LogP contribution in [-0.4, -0.2) is 0 Å². The quantitative estimate of drug-likeness (QED) is 0.358. The first-order valence-electron chi connectivity index (χ1n) is 7.30. The molecule has 2 aliphatic rings. The number of benzene rings is 1. The van der Waals surface area contributed by atoms with Gasteiger partial charge in [-0.15, -0.1) is 11.6 Å². The monoisotopic (exact) mass is 498 g/mol. The molecule has 2 aromatic carbocycles. The molecule has 0 N–H and O–H groups in total. The fourth-order valence-corrected chi connectivity index (χ4v) is 3.20. The van der Waals surface area contributed by atoms with E-state index in [0.29, 0.717) is 5.92 Å². The summed E-state index contributed by atoms with van der Waals surface area (Å²) in [6.07, 6.45) is 11.4. The number of hydrogen-bond acceptors (Lipinski definition) is 0. The first-order chi connectivity index (χ1) is 9.45. The van der Waals surface area contributed by atoms with E-state index in [4.69, 9.17) is 0 Å². The Hall–Kier alpha value is -0.240. The van der Waals surface area contributed by atoms with E-state index in [0.717, 1.165) is 5.92 Å². The molecular weight excluding hydrogens is 478 g/mol. The smallest absolute Gasteiger partial charge is 1.00 e. The number of halogens is 2. The van der Waals surface area contributed by atoms with Crippen molar-refractivity contribution in [3.05, 3.63) is 71.8 Å². The molecular formula is C19H20Cl2Hf. The first-order valence-corrected chi connectivity index (χ1v) is 7.30. The van der Waals surface area contributed by atoms with Crippen LogP contribution in [0.25, 0.3) is 6.08 Å². The van der Waals surface area contributed by atoms with Crippen LogP contribution in [0.5, 0.6) is 0 Å². The predicted octanol–water partition coefficient (Wildman–Crippen LogP) is -0.799. The second-order valence-electron chi connectivity index (χ2n) is 5.42. The third-order valence-corrected chi connectivity index (χ3v) is 4.18. The molecule has 0 saturated heterocycles. The molecule has 0 amide bonds. The summed E-state index contributed by atoms with van der Waals surface area (Å²) in [6, 6.07) is 18.8. The molecule has 1 saturated carbocycles. The van der Waals surface area contributed by atoms with Gasteiger partial charge in [-0.25, -0.2) is 18.2 Å². The van der Waals surface area contributed by atoms with E-state index in [-0.39, 0.29) is 50.7 Å². The summed E-state index contributed by atoms with van der Waals surface area (Å²) in [7, 11) is 0. The van der Waals surface area contributed by atoms with Crippen molar-refractivity contribution in [3.8, 4) is 0 Å². The minimum absolute atomic E-state index is 0. The van der Waals surface area contributed by atoms with Gasteiger partial charge in [-0.3, -0.25) is 6.08 Å². The Kier molecular flexibility index (Phi) is 11.2. The summed E-state index contributed by atoms with van der Waals surface area (Å²) < 4.78 is 0. The van der Waals surface area contributed by atoms with E-state index < -0.39 is 0 Å². The largest absolute Gasteiger partial charge is 4.00 e. The van der Waals surface area contributed by atoms with Crippen LogP contribution in [0.1, 0.15) is 42.7 Å². The summed E-state index contributed by atoms with van der Waals surface area (Å²) in [5.74, 6) is 1.48. The number of allylic oxidation sites excluding steroid dienone is 1. The van der Waals surface area contributed by atoms with Crippen molar-refractivity contribution in [2.75, 3.05) is 0 Å². The van der Waals surface area contributed by atoms with Crippen molar-refractivity contribution >= 4 is 6.08 Å². The molecule has 1 fully saturated rings. The molecule has 0 aliphatic heterocycles. The summed E-state index contributed by atoms with van der Waals surface area (Å²) in [5.41, 5.74) is 2.91. The molecule has 0 nitrogen and oxygen atoms in total. The van der Waals surface area contributed by atoms with E-state index in [1.807, 2.05) is 30.3 Å². The van der Waals surface area contributed by atoms with Crippen LogP contribution in [0.4, 0.5) is 0 Å². The van der Waals surface area contributed by atoms with E-state index in [1.165, 1.54) is 36.8 Å². The van der Waals surface area contributed by atoms with Gasteiger partial charge in [-0.05, 0) is 5.92 Å². The van der Waals surface area contributed by atoms with Crippen molar-refractivity contribution in [3.63, 3.8) is 0 Å². The maximum absolute atomic E-state index is 3.54. The normalized spacial score (nSPS) is 18.1. The van der Waals surface area contributed by atoms with Gasteiger partial charge in [0.1, 0.15) is 0 Å². The standard InChI is InChI=1S/C14H15.C5H5.2ClH.Hf/c1-2-6-11(5-1)14-10-9-12-7-3-4-8-13(12)14;1-2-4-5-3-1;;;/h3-4,7-9,11,14H,1-2,5-6H2;1-5H;2*1H;/q2*-1;;;+4/p-2. The predicted molar refractivity (Wildman–Crippen MR) is 80.9 cm³/mol. The first kappa shape index (κ1) is 21.8. The Bertz CT molecular complexity index is 511. The van der Waals surface area contributed by atoms with Gasteiger partial charge in [0.2, 0.25) is 0 Å². The molecule has 2 aliphatic carbocycles. The van der Waals surface area contributed by atoms with Crippen molar-refractivity contribution < 1.29 is 50.7 Å². The van der Waals surface area contributed by atoms with E-state index in [2.05, 4.69) is 36.4 Å². The molecule has 1 atom stereocenters. The Morgan fingerprint density at radius 1 is 0.909 bits per heavy atom. The van der Waals surface area contributed by atoms with Gasteiger partial charge >= 0.3 is 25.8 Å². The summed E-state index contributed by atoms with van der Waals surface area (Å²) >= 11 is 0. The van der Waals surface area contributed by atoms with Gasteiger partial charge in [0.25, 0.3) is 0 Å². The Balaban J connectivity index is 0.000000482. The fraction of sp³-hybridized carbons (Fsp3) is 0.316. The third kappa shape index (κ3) is 5.44. The van der Waals surface area contributed by atoms with Gasteiger partial charge in [0.15, 0.2) is 0 Å². The van der Waals surface area contributed by atoms with Gasteiger partial charge in [-0.2, -0.15) is 23.8 Å². The molecule has 0 spiro atoms. The minimum Gasteiger partial charge on any atom is -1.00 e. The number of fused-ring (bicyclic) bond motifs is 1. The van der Waals surface area contributed by atoms with Crippen molar-refractivity contribution in [2.45, 2.75) is 31.6 Å². The number of hydrogen-bond donors (Lipinski definition) is 0. The SMILES string of the molecule is [C-]1=Cc2ccccc2C1C1CCCC1.[Cl-].[Cl-].[Hf+4].c1cc[cH-]c1. The molecule has 0 bridgehead atoms. The average Bonchev–Trinajstić information content (AvgIpc) is 3.21. The topological polar surface area (TPSA) is 0 Å². The Morgan fingerprint density at radius 3 is 2.14 bits per heavy atom. The molecule has 0 aromatic heterocycles. The van der Waals surface area contributed by atoms with Crippen LogP contribution in [0.2, 0.25) is 0 Å². The van der Waals surface area contributed by atoms with Gasteiger partial charge in [0, 0.05) is 0 Å². The molecule has 4 rings (SSSR count). The zero-order valence-electron chi connectivity index (χ0n) is 12.5. The van der Waals surface area contributed by atoms with Crippen LogP contribution < -0.4 is 24.8 Å². The van der Waals surface area contributed by atoms with E-state index >= 15 is 0 Å². The van der Waals surface area contributed by atoms with Gasteiger partial charge < -0.3 is 24.8 Å². The van der Waals surface area contributed by atoms with Crippen molar-refractivity contribution in [2.24, 2.45) is 5.92 Å². The summed E-state index contributed by atoms with van der Waals surface area (Å²) in [4.78, 5) is 0. The maximum atomic E-state index is 3.54. The van der Waals surface area contributed by atoms with Crippen molar-refractivity contribution in [1.82, 2.24) is 0 Å².